The van der Waals surface area contributed by atoms with Gasteiger partial charge in [-0.2, -0.15) is 5.26 Å². The molecule has 0 aliphatic heterocycles. The molecule has 3 nitrogen and oxygen atoms in total. The lowest BCUT2D eigenvalue weighted by atomic mass is 10.1. The first kappa shape index (κ1) is 19.3. The average Bonchev–Trinajstić information content (AvgIpc) is 3.14. The van der Waals surface area contributed by atoms with Gasteiger partial charge in [-0.05, 0) is 43.3 Å². The van der Waals surface area contributed by atoms with E-state index in [1.165, 1.54) is 0 Å². The van der Waals surface area contributed by atoms with Crippen LogP contribution in [0.25, 0.3) is 22.6 Å². The molecule has 0 amide bonds. The Kier molecular flexibility index (Phi) is 5.71. The van der Waals surface area contributed by atoms with Crippen LogP contribution in [0.1, 0.15) is 12.5 Å². The Morgan fingerprint density at radius 3 is 2.24 bits per heavy atom. The van der Waals surface area contributed by atoms with E-state index in [1.54, 1.807) is 11.8 Å². The summed E-state index contributed by atoms with van der Waals surface area (Å²) in [5.74, 6) is 0.934. The fraction of sp³-hybridized carbons (Fsp3) is 0.0833. The second-order valence-corrected chi connectivity index (χ2v) is 7.94. The number of nitrogens with zero attached hydrogens (tertiary/aromatic N) is 3. The van der Waals surface area contributed by atoms with Gasteiger partial charge in [0.1, 0.15) is 16.5 Å². The Hall–Kier alpha value is -3.00. The molecule has 4 rings (SSSR count). The molecule has 1 aromatic heterocycles. The van der Waals surface area contributed by atoms with Gasteiger partial charge >= 0.3 is 0 Å². The largest absolute Gasteiger partial charge is 0.319 e. The van der Waals surface area contributed by atoms with Crippen LogP contribution in [0.4, 0.5) is 0 Å². The smallest absolute Gasteiger partial charge is 0.141 e. The monoisotopic (exact) mass is 415 g/mol. The highest BCUT2D eigenvalue weighted by atomic mass is 35.5. The third-order valence-corrected chi connectivity index (χ3v) is 5.95. The molecule has 0 aliphatic carbocycles. The third-order valence-electron chi connectivity index (χ3n) is 4.58. The van der Waals surface area contributed by atoms with Crippen molar-refractivity contribution in [2.75, 3.05) is 0 Å². The SMILES string of the molecule is CCn1c(-c2ccccc2)nc(-c2ccc(C#N)cc2)c1Sc1ccc(Cl)cc1. The number of benzene rings is 3. The quantitative estimate of drug-likeness (QED) is 0.355. The Labute approximate surface area is 179 Å². The third kappa shape index (κ3) is 4.07. The maximum Gasteiger partial charge on any atom is 0.141 e. The molecule has 0 unspecified atom stereocenters. The number of halogens is 1. The Bertz CT molecular complexity index is 1160. The normalized spacial score (nSPS) is 10.7. The molecular weight excluding hydrogens is 398 g/mol. The maximum absolute atomic E-state index is 9.12. The van der Waals surface area contributed by atoms with Crippen LogP contribution in [0.15, 0.2) is 88.8 Å². The van der Waals surface area contributed by atoms with Crippen LogP contribution in [0.3, 0.4) is 0 Å². The fourth-order valence-corrected chi connectivity index (χ4v) is 4.35. The van der Waals surface area contributed by atoms with Crippen LogP contribution in [0.2, 0.25) is 5.02 Å². The molecule has 0 aliphatic rings. The Balaban J connectivity index is 1.88. The van der Waals surface area contributed by atoms with Crippen molar-refractivity contribution in [1.82, 2.24) is 9.55 Å². The van der Waals surface area contributed by atoms with E-state index in [2.05, 4.69) is 29.7 Å². The summed E-state index contributed by atoms with van der Waals surface area (Å²) >= 11 is 7.73. The molecule has 142 valence electrons. The summed E-state index contributed by atoms with van der Waals surface area (Å²) in [7, 11) is 0. The zero-order valence-electron chi connectivity index (χ0n) is 15.8. The van der Waals surface area contributed by atoms with Crippen molar-refractivity contribution in [2.45, 2.75) is 23.4 Å². The maximum atomic E-state index is 9.12. The number of nitriles is 1. The molecule has 29 heavy (non-hydrogen) atoms. The van der Waals surface area contributed by atoms with Crippen molar-refractivity contribution >= 4 is 23.4 Å². The van der Waals surface area contributed by atoms with Gasteiger partial charge in [-0.3, -0.25) is 0 Å². The summed E-state index contributed by atoms with van der Waals surface area (Å²) in [6.07, 6.45) is 0. The summed E-state index contributed by atoms with van der Waals surface area (Å²) in [4.78, 5) is 6.12. The predicted molar refractivity (Wildman–Crippen MR) is 119 cm³/mol. The van der Waals surface area contributed by atoms with Gasteiger partial charge in [0.05, 0.1) is 11.6 Å². The molecule has 3 aromatic carbocycles. The molecule has 0 bridgehead atoms. The summed E-state index contributed by atoms with van der Waals surface area (Å²) in [6.45, 7) is 2.92. The molecule has 0 saturated carbocycles. The van der Waals surface area contributed by atoms with Crippen LogP contribution in [-0.4, -0.2) is 9.55 Å². The lowest BCUT2D eigenvalue weighted by molar-refractivity contribution is 0.709. The van der Waals surface area contributed by atoms with E-state index in [1.807, 2.05) is 66.7 Å². The summed E-state index contributed by atoms with van der Waals surface area (Å²) in [6, 6.07) is 27.8. The van der Waals surface area contributed by atoms with Crippen LogP contribution in [0, 0.1) is 11.3 Å². The van der Waals surface area contributed by atoms with Crippen LogP contribution < -0.4 is 0 Å². The summed E-state index contributed by atoms with van der Waals surface area (Å²) in [5.41, 5.74) is 3.62. The van der Waals surface area contributed by atoms with Crippen LogP contribution in [-0.2, 0) is 6.54 Å². The molecule has 0 N–H and O–H groups in total. The molecule has 0 atom stereocenters. The van der Waals surface area contributed by atoms with Crippen molar-refractivity contribution in [3.8, 4) is 28.7 Å². The van der Waals surface area contributed by atoms with Crippen LogP contribution >= 0.6 is 23.4 Å². The molecule has 5 heteroatoms. The molecule has 0 spiro atoms. The predicted octanol–water partition coefficient (Wildman–Crippen LogP) is 6.91. The van der Waals surface area contributed by atoms with Crippen molar-refractivity contribution in [3.63, 3.8) is 0 Å². The van der Waals surface area contributed by atoms with Gasteiger partial charge in [0, 0.05) is 27.6 Å². The van der Waals surface area contributed by atoms with Gasteiger partial charge in [0.25, 0.3) is 0 Å². The second-order valence-electron chi connectivity index (χ2n) is 6.44. The van der Waals surface area contributed by atoms with Crippen molar-refractivity contribution in [1.29, 1.82) is 5.26 Å². The zero-order chi connectivity index (χ0) is 20.2. The molecule has 0 fully saturated rings. The van der Waals surface area contributed by atoms with Crippen molar-refractivity contribution in [3.05, 3.63) is 89.4 Å². The number of aromatic nitrogens is 2. The number of imidazole rings is 1. The molecule has 4 aromatic rings. The number of hydrogen-bond donors (Lipinski definition) is 0. The van der Waals surface area contributed by atoms with E-state index >= 15 is 0 Å². The van der Waals surface area contributed by atoms with E-state index in [4.69, 9.17) is 21.8 Å². The Morgan fingerprint density at radius 1 is 0.931 bits per heavy atom. The standard InChI is InChI=1S/C24H18ClN3S/c1-2-28-23(19-6-4-3-5-7-19)27-22(18-10-8-17(16-26)9-11-18)24(28)29-21-14-12-20(25)13-15-21/h3-15H,2H2,1H3. The average molecular weight is 416 g/mol. The summed E-state index contributed by atoms with van der Waals surface area (Å²) < 4.78 is 2.24. The lowest BCUT2D eigenvalue weighted by Gasteiger charge is -2.10. The lowest BCUT2D eigenvalue weighted by Crippen LogP contribution is -1.99. The highest BCUT2D eigenvalue weighted by molar-refractivity contribution is 7.99. The van der Waals surface area contributed by atoms with E-state index < -0.39 is 0 Å². The van der Waals surface area contributed by atoms with E-state index in [-0.39, 0.29) is 0 Å². The van der Waals surface area contributed by atoms with Crippen LogP contribution in [0.5, 0.6) is 0 Å². The first-order valence-electron chi connectivity index (χ1n) is 9.29. The van der Waals surface area contributed by atoms with Gasteiger partial charge in [-0.25, -0.2) is 4.98 Å². The van der Waals surface area contributed by atoms with Gasteiger partial charge in [0.15, 0.2) is 0 Å². The minimum Gasteiger partial charge on any atom is -0.319 e. The minimum atomic E-state index is 0.638. The van der Waals surface area contributed by atoms with E-state index in [0.29, 0.717) is 5.56 Å². The first-order chi connectivity index (χ1) is 14.2. The van der Waals surface area contributed by atoms with Crippen molar-refractivity contribution in [2.24, 2.45) is 0 Å². The van der Waals surface area contributed by atoms with Gasteiger partial charge in [-0.15, -0.1) is 0 Å². The van der Waals surface area contributed by atoms with Crippen molar-refractivity contribution < 1.29 is 0 Å². The Morgan fingerprint density at radius 2 is 1.62 bits per heavy atom. The minimum absolute atomic E-state index is 0.638. The first-order valence-corrected chi connectivity index (χ1v) is 10.5. The fourth-order valence-electron chi connectivity index (χ4n) is 3.15. The van der Waals surface area contributed by atoms with Gasteiger partial charge < -0.3 is 4.57 Å². The van der Waals surface area contributed by atoms with Gasteiger partial charge in [0.2, 0.25) is 0 Å². The number of hydrogen-bond acceptors (Lipinski definition) is 3. The highest BCUT2D eigenvalue weighted by Crippen LogP contribution is 2.39. The number of rotatable bonds is 5. The summed E-state index contributed by atoms with van der Waals surface area (Å²) in [5, 5.41) is 10.9. The van der Waals surface area contributed by atoms with Gasteiger partial charge in [-0.1, -0.05) is 65.8 Å². The second kappa shape index (κ2) is 8.57. The molecular formula is C24H18ClN3S. The molecule has 1 heterocycles. The van der Waals surface area contributed by atoms with E-state index in [0.717, 1.165) is 44.1 Å². The molecule has 0 saturated heterocycles. The van der Waals surface area contributed by atoms with E-state index in [9.17, 15) is 0 Å². The molecule has 0 radical (unpaired) electrons. The topological polar surface area (TPSA) is 41.6 Å². The zero-order valence-corrected chi connectivity index (χ0v) is 17.4. The highest BCUT2D eigenvalue weighted by Gasteiger charge is 2.20.